The van der Waals surface area contributed by atoms with Gasteiger partial charge in [0.05, 0.1) is 0 Å². The van der Waals surface area contributed by atoms with Gasteiger partial charge in [-0.1, -0.05) is 40.5 Å². The van der Waals surface area contributed by atoms with Crippen molar-refractivity contribution < 1.29 is 9.47 Å². The second kappa shape index (κ2) is 7.43. The Morgan fingerprint density at radius 3 is 1.50 bits per heavy atom. The zero-order valence-corrected chi connectivity index (χ0v) is 11.7. The maximum absolute atomic E-state index is 5.45. The second-order valence-electron chi connectivity index (χ2n) is 4.19. The highest BCUT2D eigenvalue weighted by Crippen LogP contribution is 2.29. The Hall–Kier alpha value is 0.137. The molecule has 3 heteroatoms. The molecule has 0 rings (SSSR count). The van der Waals surface area contributed by atoms with Crippen LogP contribution in [0.15, 0.2) is 0 Å². The Bertz CT molecular complexity index is 127. The third-order valence-corrected chi connectivity index (χ3v) is 8.12. The molecule has 86 valence electrons. The molecule has 2 atom stereocenters. The van der Waals surface area contributed by atoms with Crippen molar-refractivity contribution in [3.8, 4) is 0 Å². The van der Waals surface area contributed by atoms with E-state index in [-0.39, 0.29) is 5.91 Å². The maximum atomic E-state index is 5.45. The molecule has 0 saturated carbocycles. The van der Waals surface area contributed by atoms with Crippen LogP contribution in [0.25, 0.3) is 0 Å². The highest BCUT2D eigenvalue weighted by atomic mass is 28.3. The normalized spacial score (nSPS) is 18.2. The fourth-order valence-corrected chi connectivity index (χ4v) is 5.96. The first-order chi connectivity index (χ1) is 6.62. The van der Waals surface area contributed by atoms with Gasteiger partial charge in [-0.2, -0.15) is 0 Å². The molecule has 2 unspecified atom stereocenters. The van der Waals surface area contributed by atoms with Crippen molar-refractivity contribution in [3.63, 3.8) is 0 Å². The molecular formula is C11H26O2Si. The second-order valence-corrected chi connectivity index (χ2v) is 8.16. The van der Waals surface area contributed by atoms with Crippen molar-refractivity contribution in [1.29, 1.82) is 0 Å². The summed E-state index contributed by atoms with van der Waals surface area (Å²) in [6.07, 6.45) is 2.48. The lowest BCUT2D eigenvalue weighted by molar-refractivity contribution is -0.0491. The lowest BCUT2D eigenvalue weighted by Crippen LogP contribution is -2.40. The Morgan fingerprint density at radius 1 is 0.929 bits per heavy atom. The smallest absolute Gasteiger partial charge is 0.138 e. The van der Waals surface area contributed by atoms with Gasteiger partial charge in [-0.15, -0.1) is 0 Å². The molecule has 0 fully saturated rings. The SMILES string of the molecule is CCC(C)[SiH](C(C)CC)C(OC)OC. The number of methoxy groups -OCH3 is 2. The molecule has 0 bridgehead atoms. The van der Waals surface area contributed by atoms with Gasteiger partial charge in [0.1, 0.15) is 14.7 Å². The van der Waals surface area contributed by atoms with Gasteiger partial charge in [0.2, 0.25) is 0 Å². The van der Waals surface area contributed by atoms with E-state index < -0.39 is 8.80 Å². The first kappa shape index (κ1) is 14.1. The minimum absolute atomic E-state index is 0.0832. The van der Waals surface area contributed by atoms with E-state index in [0.717, 1.165) is 11.1 Å². The first-order valence-electron chi connectivity index (χ1n) is 5.67. The van der Waals surface area contributed by atoms with Crippen molar-refractivity contribution in [1.82, 2.24) is 0 Å². The fourth-order valence-electron chi connectivity index (χ4n) is 2.05. The van der Waals surface area contributed by atoms with E-state index in [4.69, 9.17) is 9.47 Å². The van der Waals surface area contributed by atoms with Gasteiger partial charge in [-0.3, -0.25) is 0 Å². The molecular weight excluding hydrogens is 192 g/mol. The molecule has 0 spiro atoms. The first-order valence-corrected chi connectivity index (χ1v) is 7.67. The van der Waals surface area contributed by atoms with Gasteiger partial charge < -0.3 is 9.47 Å². The number of rotatable bonds is 7. The Morgan fingerprint density at radius 2 is 1.29 bits per heavy atom. The molecule has 0 saturated heterocycles. The van der Waals surface area contributed by atoms with Crippen molar-refractivity contribution in [2.75, 3.05) is 14.2 Å². The van der Waals surface area contributed by atoms with Crippen LogP contribution in [-0.4, -0.2) is 28.9 Å². The van der Waals surface area contributed by atoms with E-state index in [1.165, 1.54) is 12.8 Å². The van der Waals surface area contributed by atoms with Crippen molar-refractivity contribution in [2.45, 2.75) is 57.5 Å². The van der Waals surface area contributed by atoms with E-state index in [0.29, 0.717) is 0 Å². The van der Waals surface area contributed by atoms with Crippen molar-refractivity contribution in [3.05, 3.63) is 0 Å². The highest BCUT2D eigenvalue weighted by molar-refractivity contribution is 6.62. The lowest BCUT2D eigenvalue weighted by atomic mass is 10.3. The van der Waals surface area contributed by atoms with E-state index in [1.807, 2.05) is 0 Å². The van der Waals surface area contributed by atoms with Crippen LogP contribution in [0.5, 0.6) is 0 Å². The third kappa shape index (κ3) is 3.71. The summed E-state index contributed by atoms with van der Waals surface area (Å²) in [7, 11) is 2.54. The van der Waals surface area contributed by atoms with Gasteiger partial charge in [0.25, 0.3) is 0 Å². The third-order valence-electron chi connectivity index (χ3n) is 3.38. The largest absolute Gasteiger partial charge is 0.360 e. The average Bonchev–Trinajstić information content (AvgIpc) is 2.23. The molecule has 0 amide bonds. The Labute approximate surface area is 90.6 Å². The molecule has 2 nitrogen and oxygen atoms in total. The van der Waals surface area contributed by atoms with Gasteiger partial charge in [0, 0.05) is 14.2 Å². The summed E-state index contributed by atoms with van der Waals surface area (Å²) in [6, 6.07) is 0. The fraction of sp³-hybridized carbons (Fsp3) is 1.00. The summed E-state index contributed by atoms with van der Waals surface area (Å²) in [4.78, 5) is 0. The van der Waals surface area contributed by atoms with E-state index in [9.17, 15) is 0 Å². The summed E-state index contributed by atoms with van der Waals surface area (Å²) in [5, 5.41) is 0. The van der Waals surface area contributed by atoms with Gasteiger partial charge in [-0.05, 0) is 11.1 Å². The van der Waals surface area contributed by atoms with E-state index in [2.05, 4.69) is 27.7 Å². The van der Waals surface area contributed by atoms with Crippen LogP contribution >= 0.6 is 0 Å². The number of hydrogen-bond donors (Lipinski definition) is 0. The molecule has 0 aliphatic heterocycles. The molecule has 0 aromatic heterocycles. The predicted octanol–water partition coefficient (Wildman–Crippen LogP) is 2.97. The molecule has 14 heavy (non-hydrogen) atoms. The molecule has 0 aromatic carbocycles. The summed E-state index contributed by atoms with van der Waals surface area (Å²) in [6.45, 7) is 9.20. The molecule has 0 aliphatic carbocycles. The topological polar surface area (TPSA) is 18.5 Å². The summed E-state index contributed by atoms with van der Waals surface area (Å²) >= 11 is 0. The quantitative estimate of drug-likeness (QED) is 0.483. The predicted molar refractivity (Wildman–Crippen MR) is 64.4 cm³/mol. The average molecular weight is 218 g/mol. The summed E-state index contributed by atoms with van der Waals surface area (Å²) < 4.78 is 10.9. The minimum Gasteiger partial charge on any atom is -0.360 e. The van der Waals surface area contributed by atoms with Crippen molar-refractivity contribution in [2.24, 2.45) is 0 Å². The van der Waals surface area contributed by atoms with E-state index in [1.54, 1.807) is 14.2 Å². The van der Waals surface area contributed by atoms with Gasteiger partial charge >= 0.3 is 0 Å². The van der Waals surface area contributed by atoms with Crippen LogP contribution in [0.3, 0.4) is 0 Å². The number of hydrogen-bond acceptors (Lipinski definition) is 2. The van der Waals surface area contributed by atoms with Crippen LogP contribution in [-0.2, 0) is 9.47 Å². The standard InChI is InChI=1S/C11H26O2Si/c1-7-9(3)14(10(4)8-2)11(12-5)13-6/h9-11,14H,7-8H2,1-6H3. The molecule has 0 radical (unpaired) electrons. The highest BCUT2D eigenvalue weighted by Gasteiger charge is 2.31. The van der Waals surface area contributed by atoms with Crippen LogP contribution in [0, 0.1) is 0 Å². The maximum Gasteiger partial charge on any atom is 0.138 e. The number of ether oxygens (including phenoxy) is 2. The van der Waals surface area contributed by atoms with Crippen LogP contribution < -0.4 is 0 Å². The molecule has 0 heterocycles. The summed E-state index contributed by atoms with van der Waals surface area (Å²) in [5.41, 5.74) is 1.57. The summed E-state index contributed by atoms with van der Waals surface area (Å²) in [5.74, 6) is 0.0832. The molecule has 0 aliphatic rings. The zero-order valence-electron chi connectivity index (χ0n) is 10.5. The molecule has 0 aromatic rings. The monoisotopic (exact) mass is 218 g/mol. The van der Waals surface area contributed by atoms with Crippen LogP contribution in [0.4, 0.5) is 0 Å². The Balaban J connectivity index is 4.51. The van der Waals surface area contributed by atoms with Gasteiger partial charge in [-0.25, -0.2) is 0 Å². The lowest BCUT2D eigenvalue weighted by Gasteiger charge is -2.32. The minimum atomic E-state index is -0.981. The van der Waals surface area contributed by atoms with E-state index >= 15 is 0 Å². The van der Waals surface area contributed by atoms with Crippen molar-refractivity contribution >= 4 is 8.80 Å². The van der Waals surface area contributed by atoms with Crippen LogP contribution in [0.2, 0.25) is 11.1 Å². The van der Waals surface area contributed by atoms with Crippen LogP contribution in [0.1, 0.15) is 40.5 Å². The molecule has 0 N–H and O–H groups in total. The Kier molecular flexibility index (Phi) is 7.50. The van der Waals surface area contributed by atoms with Gasteiger partial charge in [0.15, 0.2) is 0 Å². The zero-order chi connectivity index (χ0) is 11.1.